The lowest BCUT2D eigenvalue weighted by molar-refractivity contribution is -0.182. The van der Waals surface area contributed by atoms with Crippen LogP contribution in [0.3, 0.4) is 0 Å². The molecule has 0 radical (unpaired) electrons. The monoisotopic (exact) mass is 638 g/mol. The van der Waals surface area contributed by atoms with E-state index in [4.69, 9.17) is 28.4 Å². The van der Waals surface area contributed by atoms with Crippen molar-refractivity contribution in [1.82, 2.24) is 0 Å². The lowest BCUT2D eigenvalue weighted by Gasteiger charge is -2.25. The number of rotatable bonds is 14. The minimum atomic E-state index is -4.77. The highest BCUT2D eigenvalue weighted by atomic mass is 19.4. The molecule has 2 aromatic rings. The van der Waals surface area contributed by atoms with Gasteiger partial charge in [-0.05, 0) is 57.0 Å². The molecule has 246 valence electrons. The second-order valence-electron chi connectivity index (χ2n) is 10.7. The normalized spacial score (nSPS) is 20.2. The zero-order valence-electron chi connectivity index (χ0n) is 25.4. The maximum atomic E-state index is 13.6. The minimum Gasteiger partial charge on any atom is -0.497 e. The van der Waals surface area contributed by atoms with E-state index in [-0.39, 0.29) is 35.7 Å². The SMILES string of the molecule is COCOc1cc(OC)cc(/C=C/C[C@@H]2OC(C)(C)OC2C(/C=C\C(C(C)O)C(F)(F)F)OC(=O)c2ccccc2)c1C(=O)O. The van der Waals surface area contributed by atoms with E-state index >= 15 is 0 Å². The van der Waals surface area contributed by atoms with Gasteiger partial charge in [0.05, 0.1) is 30.8 Å². The number of methoxy groups -OCH3 is 2. The van der Waals surface area contributed by atoms with Gasteiger partial charge in [-0.1, -0.05) is 36.4 Å². The summed E-state index contributed by atoms with van der Waals surface area (Å²) in [4.78, 5) is 25.1. The molecule has 5 atom stereocenters. The highest BCUT2D eigenvalue weighted by molar-refractivity contribution is 5.95. The van der Waals surface area contributed by atoms with Crippen molar-refractivity contribution < 1.29 is 61.4 Å². The first-order chi connectivity index (χ1) is 21.2. The number of ether oxygens (including phenoxy) is 6. The first-order valence-electron chi connectivity index (χ1n) is 13.9. The van der Waals surface area contributed by atoms with E-state index < -0.39 is 54.2 Å². The number of carbonyl (C=O) groups excluding carboxylic acids is 1. The highest BCUT2D eigenvalue weighted by Crippen LogP contribution is 2.36. The van der Waals surface area contributed by atoms with Gasteiger partial charge in [-0.2, -0.15) is 13.2 Å². The molecule has 2 N–H and O–H groups in total. The second-order valence-corrected chi connectivity index (χ2v) is 10.7. The van der Waals surface area contributed by atoms with Crippen LogP contribution in [0.5, 0.6) is 11.5 Å². The van der Waals surface area contributed by atoms with Gasteiger partial charge in [0.25, 0.3) is 0 Å². The molecule has 13 heteroatoms. The standard InChI is InChI=1S/C32H37F3O10/c1-19(36)23(32(33,34)35)14-15-24(43-30(39)20-10-7-6-8-11-20)28-25(44-31(2,3)45-28)13-9-12-21-16-22(41-5)17-26(42-18-40-4)27(21)29(37)38/h6-12,14-17,19,23-25,28,36H,13,18H2,1-5H3,(H,37,38)/b12-9+,15-14-/t19?,23?,24?,25-,28?/m0/s1. The smallest absolute Gasteiger partial charge is 0.397 e. The molecule has 2 aromatic carbocycles. The van der Waals surface area contributed by atoms with Crippen LogP contribution < -0.4 is 9.47 Å². The van der Waals surface area contributed by atoms with Crippen molar-refractivity contribution in [2.45, 2.75) is 63.6 Å². The molecular weight excluding hydrogens is 601 g/mol. The van der Waals surface area contributed by atoms with Crippen molar-refractivity contribution >= 4 is 18.0 Å². The first-order valence-corrected chi connectivity index (χ1v) is 13.9. The van der Waals surface area contributed by atoms with Gasteiger partial charge < -0.3 is 38.6 Å². The molecule has 0 spiro atoms. The number of alkyl halides is 3. The predicted octanol–water partition coefficient (Wildman–Crippen LogP) is 5.64. The van der Waals surface area contributed by atoms with Crippen LogP contribution in [0.1, 0.15) is 53.5 Å². The second kappa shape index (κ2) is 15.4. The molecule has 1 aliphatic heterocycles. The molecule has 3 rings (SSSR count). The van der Waals surface area contributed by atoms with E-state index in [2.05, 4.69) is 0 Å². The van der Waals surface area contributed by atoms with Gasteiger partial charge in [0.2, 0.25) is 0 Å². The van der Waals surface area contributed by atoms with Crippen LogP contribution in [0.15, 0.2) is 60.7 Å². The minimum absolute atomic E-state index is 0.0122. The Morgan fingerprint density at radius 3 is 2.36 bits per heavy atom. The zero-order valence-corrected chi connectivity index (χ0v) is 25.4. The van der Waals surface area contributed by atoms with Crippen molar-refractivity contribution in [2.24, 2.45) is 5.92 Å². The predicted molar refractivity (Wildman–Crippen MR) is 156 cm³/mol. The Hall–Kier alpha value is -3.91. The van der Waals surface area contributed by atoms with Crippen molar-refractivity contribution in [3.63, 3.8) is 0 Å². The highest BCUT2D eigenvalue weighted by Gasteiger charge is 2.46. The Bertz CT molecular complexity index is 1350. The van der Waals surface area contributed by atoms with Crippen molar-refractivity contribution in [2.75, 3.05) is 21.0 Å². The van der Waals surface area contributed by atoms with E-state index in [0.29, 0.717) is 5.75 Å². The summed E-state index contributed by atoms with van der Waals surface area (Å²) in [5, 5.41) is 19.7. The van der Waals surface area contributed by atoms with Crippen LogP contribution >= 0.6 is 0 Å². The Balaban J connectivity index is 1.97. The van der Waals surface area contributed by atoms with Crippen LogP contribution in [0, 0.1) is 5.92 Å². The summed E-state index contributed by atoms with van der Waals surface area (Å²) in [5.41, 5.74) is 0.247. The topological polar surface area (TPSA) is 130 Å². The molecule has 1 heterocycles. The Morgan fingerprint density at radius 2 is 1.78 bits per heavy atom. The van der Waals surface area contributed by atoms with Gasteiger partial charge in [0.15, 0.2) is 12.6 Å². The molecule has 1 saturated heterocycles. The number of carboxylic acids is 1. The largest absolute Gasteiger partial charge is 0.497 e. The summed E-state index contributed by atoms with van der Waals surface area (Å²) in [6.45, 7) is 4.00. The molecular formula is C32H37F3O10. The molecule has 0 aromatic heterocycles. The van der Waals surface area contributed by atoms with Gasteiger partial charge in [-0.3, -0.25) is 0 Å². The fourth-order valence-corrected chi connectivity index (χ4v) is 4.73. The summed E-state index contributed by atoms with van der Waals surface area (Å²) >= 11 is 0. The quantitative estimate of drug-likeness (QED) is 0.152. The number of hydrogen-bond acceptors (Lipinski definition) is 9. The van der Waals surface area contributed by atoms with Gasteiger partial charge in [0.1, 0.15) is 29.3 Å². The Morgan fingerprint density at radius 1 is 1.09 bits per heavy atom. The van der Waals surface area contributed by atoms with E-state index in [9.17, 15) is 33.0 Å². The third kappa shape index (κ3) is 9.79. The maximum absolute atomic E-state index is 13.6. The summed E-state index contributed by atoms with van der Waals surface area (Å²) in [7, 11) is 2.79. The fraction of sp³-hybridized carbons (Fsp3) is 0.438. The van der Waals surface area contributed by atoms with Crippen molar-refractivity contribution in [3.8, 4) is 11.5 Å². The number of carboxylic acid groups (broad SMARTS) is 1. The van der Waals surface area contributed by atoms with E-state index in [0.717, 1.165) is 19.1 Å². The van der Waals surface area contributed by atoms with Crippen LogP contribution in [0.25, 0.3) is 6.08 Å². The molecule has 0 amide bonds. The molecule has 0 saturated carbocycles. The lowest BCUT2D eigenvalue weighted by atomic mass is 9.98. The number of benzene rings is 2. The van der Waals surface area contributed by atoms with Gasteiger partial charge in [0, 0.05) is 13.2 Å². The van der Waals surface area contributed by atoms with Gasteiger partial charge in [-0.25, -0.2) is 9.59 Å². The molecule has 1 fully saturated rings. The molecule has 0 bridgehead atoms. The van der Waals surface area contributed by atoms with E-state index in [1.165, 1.54) is 44.6 Å². The van der Waals surface area contributed by atoms with Crippen LogP contribution in [-0.4, -0.2) is 79.5 Å². The number of halogens is 3. The molecule has 1 aliphatic rings. The third-order valence-electron chi connectivity index (χ3n) is 6.76. The number of hydrogen-bond donors (Lipinski definition) is 2. The summed E-state index contributed by atoms with van der Waals surface area (Å²) in [5.74, 6) is -5.19. The average Bonchev–Trinajstić information content (AvgIpc) is 3.28. The average molecular weight is 639 g/mol. The van der Waals surface area contributed by atoms with E-state index in [1.807, 2.05) is 0 Å². The van der Waals surface area contributed by atoms with Gasteiger partial charge in [-0.15, -0.1) is 0 Å². The Labute approximate surface area is 258 Å². The molecule has 0 aliphatic carbocycles. The molecule has 4 unspecified atom stereocenters. The number of aliphatic hydroxyl groups is 1. The van der Waals surface area contributed by atoms with Gasteiger partial charge >= 0.3 is 18.1 Å². The molecule has 45 heavy (non-hydrogen) atoms. The first kappa shape index (κ1) is 35.6. The van der Waals surface area contributed by atoms with Crippen LogP contribution in [-0.2, 0) is 18.9 Å². The molecule has 10 nitrogen and oxygen atoms in total. The number of carbonyl (C=O) groups is 2. The number of esters is 1. The summed E-state index contributed by atoms with van der Waals surface area (Å²) < 4.78 is 74.3. The van der Waals surface area contributed by atoms with Crippen LogP contribution in [0.4, 0.5) is 13.2 Å². The number of aromatic carboxylic acids is 1. The van der Waals surface area contributed by atoms with Crippen molar-refractivity contribution in [1.29, 1.82) is 0 Å². The summed E-state index contributed by atoms with van der Waals surface area (Å²) in [6.07, 6.45) is -4.87. The summed E-state index contributed by atoms with van der Waals surface area (Å²) in [6, 6.07) is 10.8. The maximum Gasteiger partial charge on any atom is 0.397 e. The third-order valence-corrected chi connectivity index (χ3v) is 6.76. The van der Waals surface area contributed by atoms with Crippen LogP contribution in [0.2, 0.25) is 0 Å². The Kier molecular flexibility index (Phi) is 12.2. The zero-order chi connectivity index (χ0) is 33.4. The number of aliphatic hydroxyl groups excluding tert-OH is 1. The van der Waals surface area contributed by atoms with E-state index in [1.54, 1.807) is 38.1 Å². The fourth-order valence-electron chi connectivity index (χ4n) is 4.73. The van der Waals surface area contributed by atoms with Crippen molar-refractivity contribution in [3.05, 3.63) is 77.4 Å². The lowest BCUT2D eigenvalue weighted by Crippen LogP contribution is -2.38.